The summed E-state index contributed by atoms with van der Waals surface area (Å²) in [5, 5.41) is 4.84. The Morgan fingerprint density at radius 1 is 0.929 bits per heavy atom. The van der Waals surface area contributed by atoms with Crippen LogP contribution in [0, 0.1) is 0 Å². The number of aromatic nitrogens is 1. The molecule has 1 aromatic heterocycles. The summed E-state index contributed by atoms with van der Waals surface area (Å²) in [4.78, 5) is 3.61. The SMILES string of the molecule is c1ccc(-c2[nH]c3ccccc3c2CCNc2ccc3c(c2)COCO3)cc1. The lowest BCUT2D eigenvalue weighted by Gasteiger charge is -2.18. The molecule has 0 unspecified atom stereocenters. The molecule has 3 aromatic carbocycles. The highest BCUT2D eigenvalue weighted by atomic mass is 16.7. The number of H-pyrrole nitrogens is 1. The summed E-state index contributed by atoms with van der Waals surface area (Å²) in [6.45, 7) is 1.79. The maximum atomic E-state index is 5.50. The van der Waals surface area contributed by atoms with Gasteiger partial charge in [0.2, 0.25) is 0 Å². The molecule has 28 heavy (non-hydrogen) atoms. The van der Waals surface area contributed by atoms with Gasteiger partial charge in [0.25, 0.3) is 0 Å². The number of nitrogens with one attached hydrogen (secondary N) is 2. The van der Waals surface area contributed by atoms with Crippen LogP contribution >= 0.6 is 0 Å². The predicted molar refractivity (Wildman–Crippen MR) is 113 cm³/mol. The van der Waals surface area contributed by atoms with Crippen LogP contribution in [0.2, 0.25) is 0 Å². The van der Waals surface area contributed by atoms with E-state index >= 15 is 0 Å². The number of hydrogen-bond acceptors (Lipinski definition) is 3. The Hall–Kier alpha value is -3.24. The van der Waals surface area contributed by atoms with Gasteiger partial charge >= 0.3 is 0 Å². The van der Waals surface area contributed by atoms with E-state index in [-0.39, 0.29) is 0 Å². The van der Waals surface area contributed by atoms with Crippen molar-refractivity contribution in [2.45, 2.75) is 13.0 Å². The molecule has 5 rings (SSSR count). The van der Waals surface area contributed by atoms with Crippen molar-refractivity contribution in [1.29, 1.82) is 0 Å². The van der Waals surface area contributed by atoms with Crippen LogP contribution in [0.5, 0.6) is 5.75 Å². The Morgan fingerprint density at radius 3 is 2.71 bits per heavy atom. The smallest absolute Gasteiger partial charge is 0.189 e. The number of fused-ring (bicyclic) bond motifs is 2. The van der Waals surface area contributed by atoms with Gasteiger partial charge in [0.05, 0.1) is 6.61 Å². The summed E-state index contributed by atoms with van der Waals surface area (Å²) in [5.41, 5.74) is 7.13. The maximum Gasteiger partial charge on any atom is 0.189 e. The quantitative estimate of drug-likeness (QED) is 0.497. The molecule has 0 radical (unpaired) electrons. The highest BCUT2D eigenvalue weighted by molar-refractivity contribution is 5.90. The van der Waals surface area contributed by atoms with Gasteiger partial charge in [0, 0.05) is 34.4 Å². The number of aromatic amines is 1. The van der Waals surface area contributed by atoms with Crippen molar-refractivity contribution in [2.75, 3.05) is 18.7 Å². The summed E-state index contributed by atoms with van der Waals surface area (Å²) in [7, 11) is 0. The minimum absolute atomic E-state index is 0.336. The van der Waals surface area contributed by atoms with Crippen molar-refractivity contribution in [3.63, 3.8) is 0 Å². The standard InChI is InChI=1S/C24H22N2O2/c1-2-6-17(7-3-1)24-21(20-8-4-5-9-22(20)26-24)12-13-25-19-10-11-23-18(14-19)15-27-16-28-23/h1-11,14,25-26H,12-13,15-16H2. The van der Waals surface area contributed by atoms with E-state index in [9.17, 15) is 0 Å². The van der Waals surface area contributed by atoms with E-state index in [0.29, 0.717) is 13.4 Å². The second-order valence-electron chi connectivity index (χ2n) is 7.00. The van der Waals surface area contributed by atoms with Gasteiger partial charge in [-0.2, -0.15) is 0 Å². The Balaban J connectivity index is 1.39. The number of para-hydroxylation sites is 1. The molecule has 0 aliphatic carbocycles. The number of hydrogen-bond donors (Lipinski definition) is 2. The third-order valence-electron chi connectivity index (χ3n) is 5.20. The van der Waals surface area contributed by atoms with E-state index in [2.05, 4.69) is 77.0 Å². The molecule has 4 aromatic rings. The second kappa shape index (κ2) is 7.41. The normalized spacial score (nSPS) is 13.1. The highest BCUT2D eigenvalue weighted by Crippen LogP contribution is 2.31. The number of anilines is 1. The van der Waals surface area contributed by atoms with Crippen LogP contribution < -0.4 is 10.1 Å². The van der Waals surface area contributed by atoms with E-state index in [0.717, 1.165) is 30.0 Å². The third-order valence-corrected chi connectivity index (χ3v) is 5.20. The van der Waals surface area contributed by atoms with E-state index < -0.39 is 0 Å². The van der Waals surface area contributed by atoms with Crippen molar-refractivity contribution >= 4 is 16.6 Å². The van der Waals surface area contributed by atoms with Gasteiger partial charge in [-0.15, -0.1) is 0 Å². The summed E-state index contributed by atoms with van der Waals surface area (Å²) < 4.78 is 10.9. The fraction of sp³-hybridized carbons (Fsp3) is 0.167. The monoisotopic (exact) mass is 370 g/mol. The minimum atomic E-state index is 0.336. The summed E-state index contributed by atoms with van der Waals surface area (Å²) >= 11 is 0. The molecule has 0 saturated heterocycles. The predicted octanol–water partition coefficient (Wildman–Crippen LogP) is 5.36. The zero-order chi connectivity index (χ0) is 18.8. The Morgan fingerprint density at radius 2 is 1.79 bits per heavy atom. The molecule has 140 valence electrons. The van der Waals surface area contributed by atoms with Gasteiger partial charge in [-0.3, -0.25) is 0 Å². The van der Waals surface area contributed by atoms with E-state index in [1.54, 1.807) is 0 Å². The van der Waals surface area contributed by atoms with Gasteiger partial charge in [-0.05, 0) is 41.8 Å². The van der Waals surface area contributed by atoms with Crippen LogP contribution in [-0.4, -0.2) is 18.3 Å². The molecule has 0 spiro atoms. The minimum Gasteiger partial charge on any atom is -0.467 e. The first-order valence-electron chi connectivity index (χ1n) is 9.61. The van der Waals surface area contributed by atoms with Gasteiger partial charge in [0.1, 0.15) is 5.75 Å². The van der Waals surface area contributed by atoms with Crippen LogP contribution in [0.25, 0.3) is 22.2 Å². The van der Waals surface area contributed by atoms with Gasteiger partial charge in [0.15, 0.2) is 6.79 Å². The van der Waals surface area contributed by atoms with Crippen molar-refractivity contribution in [2.24, 2.45) is 0 Å². The van der Waals surface area contributed by atoms with E-state index in [1.807, 2.05) is 6.07 Å². The molecule has 2 N–H and O–H groups in total. The third kappa shape index (κ3) is 3.23. The van der Waals surface area contributed by atoms with Gasteiger partial charge in [-0.25, -0.2) is 0 Å². The topological polar surface area (TPSA) is 46.3 Å². The second-order valence-corrected chi connectivity index (χ2v) is 7.00. The first-order valence-corrected chi connectivity index (χ1v) is 9.61. The van der Waals surface area contributed by atoms with Crippen molar-refractivity contribution < 1.29 is 9.47 Å². The first-order chi connectivity index (χ1) is 13.9. The van der Waals surface area contributed by atoms with Crippen LogP contribution in [0.3, 0.4) is 0 Å². The van der Waals surface area contributed by atoms with Crippen LogP contribution in [0.15, 0.2) is 72.8 Å². The molecule has 0 atom stereocenters. The lowest BCUT2D eigenvalue weighted by molar-refractivity contribution is -0.0163. The van der Waals surface area contributed by atoms with Crippen molar-refractivity contribution in [3.05, 3.63) is 83.9 Å². The Kier molecular flexibility index (Phi) is 4.47. The average molecular weight is 370 g/mol. The molecule has 2 heterocycles. The maximum absolute atomic E-state index is 5.50. The average Bonchev–Trinajstić information content (AvgIpc) is 3.13. The zero-order valence-corrected chi connectivity index (χ0v) is 15.6. The fourth-order valence-corrected chi connectivity index (χ4v) is 3.84. The summed E-state index contributed by atoms with van der Waals surface area (Å²) in [5.74, 6) is 0.916. The Bertz CT molecular complexity index is 1100. The number of rotatable bonds is 5. The molecule has 0 amide bonds. The lowest BCUT2D eigenvalue weighted by atomic mass is 10.0. The zero-order valence-electron chi connectivity index (χ0n) is 15.6. The summed E-state index contributed by atoms with van der Waals surface area (Å²) in [6.07, 6.45) is 0.929. The van der Waals surface area contributed by atoms with Gasteiger partial charge < -0.3 is 19.8 Å². The number of benzene rings is 3. The van der Waals surface area contributed by atoms with Crippen LogP contribution in [0.4, 0.5) is 5.69 Å². The molecule has 0 bridgehead atoms. The van der Waals surface area contributed by atoms with Crippen LogP contribution in [-0.2, 0) is 17.8 Å². The number of ether oxygens (including phenoxy) is 2. The lowest BCUT2D eigenvalue weighted by Crippen LogP contribution is -2.12. The molecule has 4 nitrogen and oxygen atoms in total. The molecule has 4 heteroatoms. The molecule has 1 aliphatic heterocycles. The van der Waals surface area contributed by atoms with Crippen molar-refractivity contribution in [3.8, 4) is 17.0 Å². The largest absolute Gasteiger partial charge is 0.467 e. The molecule has 1 aliphatic rings. The fourth-order valence-electron chi connectivity index (χ4n) is 3.84. The van der Waals surface area contributed by atoms with E-state index in [4.69, 9.17) is 9.47 Å². The summed E-state index contributed by atoms with van der Waals surface area (Å²) in [6, 6.07) is 25.2. The van der Waals surface area contributed by atoms with Gasteiger partial charge in [-0.1, -0.05) is 48.5 Å². The first kappa shape index (κ1) is 16.9. The van der Waals surface area contributed by atoms with Crippen molar-refractivity contribution in [1.82, 2.24) is 4.98 Å². The van der Waals surface area contributed by atoms with E-state index in [1.165, 1.54) is 27.7 Å². The molecule has 0 fully saturated rings. The highest BCUT2D eigenvalue weighted by Gasteiger charge is 2.13. The molecular formula is C24H22N2O2. The molecule has 0 saturated carbocycles. The Labute approximate surface area is 164 Å². The molecular weight excluding hydrogens is 348 g/mol. The van der Waals surface area contributed by atoms with Crippen LogP contribution in [0.1, 0.15) is 11.1 Å².